The lowest BCUT2D eigenvalue weighted by Gasteiger charge is -2.08. The molecule has 15 heavy (non-hydrogen) atoms. The first kappa shape index (κ1) is 11.6. The Labute approximate surface area is 92.1 Å². The van der Waals surface area contributed by atoms with Crippen molar-refractivity contribution < 1.29 is 18.7 Å². The highest BCUT2D eigenvalue weighted by Crippen LogP contribution is 2.32. The first-order valence-electron chi connectivity index (χ1n) is 3.73. The second kappa shape index (κ2) is 4.36. The Morgan fingerprint density at radius 3 is 2.53 bits per heavy atom. The second-order valence-corrected chi connectivity index (χ2v) is 3.46. The van der Waals surface area contributed by atoms with Crippen molar-refractivity contribution >= 4 is 21.9 Å². The Hall–Kier alpha value is -1.48. The van der Waals surface area contributed by atoms with Crippen molar-refractivity contribution in [2.45, 2.75) is 6.43 Å². The van der Waals surface area contributed by atoms with Crippen LogP contribution >= 0.6 is 15.9 Å². The van der Waals surface area contributed by atoms with Gasteiger partial charge in [0.25, 0.3) is 6.43 Å². The molecular weight excluding hydrogens is 272 g/mol. The van der Waals surface area contributed by atoms with Crippen LogP contribution < -0.4 is 0 Å². The van der Waals surface area contributed by atoms with Crippen LogP contribution in [0.3, 0.4) is 0 Å². The van der Waals surface area contributed by atoms with E-state index in [1.54, 1.807) is 6.07 Å². The number of hydrogen-bond acceptors (Lipinski definition) is 2. The average Bonchev–Trinajstić information content (AvgIpc) is 2.16. The minimum absolute atomic E-state index is 0.0195. The minimum atomic E-state index is -2.95. The summed E-state index contributed by atoms with van der Waals surface area (Å²) in [5.41, 5.74) is -1.59. The molecule has 1 N–H and O–H groups in total. The molecule has 0 atom stereocenters. The molecule has 1 aromatic rings. The molecular formula is C9H4BrF2NO2. The normalized spacial score (nSPS) is 10.1. The SMILES string of the molecule is N#Cc1ccc(Br)c(C(F)F)c1C(=O)O. The molecule has 0 amide bonds. The fourth-order valence-corrected chi connectivity index (χ4v) is 1.63. The van der Waals surface area contributed by atoms with E-state index in [-0.39, 0.29) is 10.0 Å². The number of carboxylic acids is 1. The van der Waals surface area contributed by atoms with Crippen molar-refractivity contribution in [1.29, 1.82) is 5.26 Å². The van der Waals surface area contributed by atoms with Gasteiger partial charge in [-0.15, -0.1) is 0 Å². The van der Waals surface area contributed by atoms with E-state index in [0.29, 0.717) is 0 Å². The Morgan fingerprint density at radius 1 is 1.53 bits per heavy atom. The van der Waals surface area contributed by atoms with E-state index in [9.17, 15) is 13.6 Å². The van der Waals surface area contributed by atoms with Gasteiger partial charge in [0.2, 0.25) is 0 Å². The molecule has 0 heterocycles. The monoisotopic (exact) mass is 275 g/mol. The zero-order chi connectivity index (χ0) is 11.6. The van der Waals surface area contributed by atoms with Gasteiger partial charge in [-0.2, -0.15) is 5.26 Å². The second-order valence-electron chi connectivity index (χ2n) is 2.60. The van der Waals surface area contributed by atoms with E-state index in [0.717, 1.165) is 0 Å². The number of rotatable bonds is 2. The lowest BCUT2D eigenvalue weighted by molar-refractivity contribution is 0.0684. The average molecular weight is 276 g/mol. The van der Waals surface area contributed by atoms with Crippen LogP contribution in [-0.4, -0.2) is 11.1 Å². The molecule has 0 bridgehead atoms. The quantitative estimate of drug-likeness (QED) is 0.903. The third kappa shape index (κ3) is 2.13. The largest absolute Gasteiger partial charge is 0.478 e. The van der Waals surface area contributed by atoms with E-state index in [1.165, 1.54) is 12.1 Å². The smallest absolute Gasteiger partial charge is 0.337 e. The Bertz CT molecular complexity index is 454. The molecule has 0 aliphatic heterocycles. The summed E-state index contributed by atoms with van der Waals surface area (Å²) >= 11 is 2.83. The van der Waals surface area contributed by atoms with Crippen LogP contribution in [0.1, 0.15) is 27.9 Å². The lowest BCUT2D eigenvalue weighted by atomic mass is 10.0. The number of nitriles is 1. The number of alkyl halides is 2. The summed E-state index contributed by atoms with van der Waals surface area (Å²) in [5, 5.41) is 17.3. The van der Waals surface area contributed by atoms with E-state index in [4.69, 9.17) is 10.4 Å². The molecule has 3 nitrogen and oxygen atoms in total. The van der Waals surface area contributed by atoms with Gasteiger partial charge in [-0.3, -0.25) is 0 Å². The Morgan fingerprint density at radius 2 is 2.13 bits per heavy atom. The molecule has 0 saturated carbocycles. The van der Waals surface area contributed by atoms with Gasteiger partial charge in [0, 0.05) is 10.0 Å². The predicted molar refractivity (Wildman–Crippen MR) is 50.8 cm³/mol. The van der Waals surface area contributed by atoms with Crippen LogP contribution in [0.4, 0.5) is 8.78 Å². The molecule has 0 saturated heterocycles. The zero-order valence-electron chi connectivity index (χ0n) is 7.17. The highest BCUT2D eigenvalue weighted by Gasteiger charge is 2.24. The van der Waals surface area contributed by atoms with Gasteiger partial charge >= 0.3 is 5.97 Å². The Kier molecular flexibility index (Phi) is 3.37. The molecule has 0 radical (unpaired) electrons. The fourth-order valence-electron chi connectivity index (χ4n) is 1.13. The van der Waals surface area contributed by atoms with Crippen LogP contribution in [0.25, 0.3) is 0 Å². The molecule has 1 rings (SSSR count). The van der Waals surface area contributed by atoms with Crippen molar-refractivity contribution in [2.75, 3.05) is 0 Å². The van der Waals surface area contributed by atoms with Gasteiger partial charge in [-0.25, -0.2) is 13.6 Å². The number of aromatic carboxylic acids is 1. The van der Waals surface area contributed by atoms with Crippen molar-refractivity contribution in [3.8, 4) is 6.07 Å². The molecule has 1 aromatic carbocycles. The molecule has 0 aliphatic rings. The van der Waals surface area contributed by atoms with Gasteiger partial charge in [0.1, 0.15) is 6.07 Å². The van der Waals surface area contributed by atoms with Gasteiger partial charge < -0.3 is 5.11 Å². The molecule has 0 aromatic heterocycles. The van der Waals surface area contributed by atoms with Gasteiger partial charge in [0.05, 0.1) is 11.1 Å². The summed E-state index contributed by atoms with van der Waals surface area (Å²) in [6, 6.07) is 3.97. The predicted octanol–water partition coefficient (Wildman–Crippen LogP) is 2.96. The van der Waals surface area contributed by atoms with Gasteiger partial charge in [0.15, 0.2) is 0 Å². The van der Waals surface area contributed by atoms with Crippen LogP contribution in [0.5, 0.6) is 0 Å². The van der Waals surface area contributed by atoms with Crippen molar-refractivity contribution in [3.63, 3.8) is 0 Å². The van der Waals surface area contributed by atoms with E-state index in [2.05, 4.69) is 15.9 Å². The molecule has 0 fully saturated rings. The first-order valence-corrected chi connectivity index (χ1v) is 4.52. The summed E-state index contributed by atoms with van der Waals surface area (Å²) in [6.45, 7) is 0. The third-order valence-corrected chi connectivity index (χ3v) is 2.44. The summed E-state index contributed by atoms with van der Waals surface area (Å²) < 4.78 is 25.1. The number of hydrogen-bond donors (Lipinski definition) is 1. The van der Waals surface area contributed by atoms with Gasteiger partial charge in [-0.05, 0) is 12.1 Å². The molecule has 0 aliphatic carbocycles. The fraction of sp³-hybridized carbons (Fsp3) is 0.111. The molecule has 0 unspecified atom stereocenters. The zero-order valence-corrected chi connectivity index (χ0v) is 8.75. The van der Waals surface area contributed by atoms with E-state index in [1.807, 2.05) is 0 Å². The van der Waals surface area contributed by atoms with Crippen molar-refractivity contribution in [2.24, 2.45) is 0 Å². The summed E-state index contributed by atoms with van der Waals surface area (Å²) in [4.78, 5) is 10.8. The minimum Gasteiger partial charge on any atom is -0.478 e. The van der Waals surface area contributed by atoms with Crippen molar-refractivity contribution in [3.05, 3.63) is 33.3 Å². The number of benzene rings is 1. The molecule has 0 spiro atoms. The maximum atomic E-state index is 12.6. The number of nitrogens with zero attached hydrogens (tertiary/aromatic N) is 1. The summed E-state index contributed by atoms with van der Waals surface area (Å²) in [6.07, 6.45) is -2.95. The van der Waals surface area contributed by atoms with Crippen LogP contribution in [0.2, 0.25) is 0 Å². The van der Waals surface area contributed by atoms with E-state index < -0.39 is 23.5 Å². The summed E-state index contributed by atoms with van der Waals surface area (Å²) in [5.74, 6) is -1.54. The van der Waals surface area contributed by atoms with E-state index >= 15 is 0 Å². The van der Waals surface area contributed by atoms with Crippen molar-refractivity contribution in [1.82, 2.24) is 0 Å². The number of carbonyl (C=O) groups is 1. The van der Waals surface area contributed by atoms with Crippen LogP contribution in [0.15, 0.2) is 16.6 Å². The number of carboxylic acid groups (broad SMARTS) is 1. The van der Waals surface area contributed by atoms with Crippen LogP contribution in [0, 0.1) is 11.3 Å². The standard InChI is InChI=1S/C9H4BrF2NO2/c10-5-2-1-4(3-13)6(9(14)15)7(5)8(11)12/h1-2,8H,(H,14,15). The lowest BCUT2D eigenvalue weighted by Crippen LogP contribution is -2.07. The molecule has 78 valence electrons. The maximum absolute atomic E-state index is 12.6. The first-order chi connectivity index (χ1) is 6.99. The Balaban J connectivity index is 3.60. The number of halogens is 3. The maximum Gasteiger partial charge on any atom is 0.337 e. The third-order valence-electron chi connectivity index (χ3n) is 1.74. The summed E-state index contributed by atoms with van der Waals surface area (Å²) in [7, 11) is 0. The van der Waals surface area contributed by atoms with Gasteiger partial charge in [-0.1, -0.05) is 15.9 Å². The highest BCUT2D eigenvalue weighted by atomic mass is 79.9. The van der Waals surface area contributed by atoms with Crippen LogP contribution in [-0.2, 0) is 0 Å². The highest BCUT2D eigenvalue weighted by molar-refractivity contribution is 9.10. The molecule has 6 heteroatoms. The topological polar surface area (TPSA) is 61.1 Å².